The molecule has 2 aromatic carbocycles. The molecule has 5 aromatic rings. The number of aromatic nitrogens is 3. The smallest absolute Gasteiger partial charge is 0.283 e. The zero-order valence-electron chi connectivity index (χ0n) is 17.4. The number of hydrogen-bond acceptors (Lipinski definition) is 8. The van der Waals surface area contributed by atoms with Crippen LogP contribution in [0.4, 0.5) is 0 Å². The van der Waals surface area contributed by atoms with E-state index in [0.717, 1.165) is 31.3 Å². The summed E-state index contributed by atoms with van der Waals surface area (Å²) in [5.41, 5.74) is 0.957. The van der Waals surface area contributed by atoms with Gasteiger partial charge < -0.3 is 13.9 Å². The average molecular weight is 536 g/mol. The Kier molecular flexibility index (Phi) is 5.04. The first-order valence-electron chi connectivity index (χ1n) is 10.2. The van der Waals surface area contributed by atoms with Gasteiger partial charge in [0.05, 0.1) is 0 Å². The fraction of sp³-hybridized carbons (Fsp3) is 0.0833. The Morgan fingerprint density at radius 2 is 1.79 bits per heavy atom. The first-order chi connectivity index (χ1) is 16.5. The predicted molar refractivity (Wildman–Crippen MR) is 129 cm³/mol. The van der Waals surface area contributed by atoms with Gasteiger partial charge in [0.2, 0.25) is 11.8 Å². The second-order valence-electron chi connectivity index (χ2n) is 7.56. The lowest BCUT2D eigenvalue weighted by molar-refractivity contribution is 0.174. The minimum atomic E-state index is -0.487. The molecule has 8 nitrogen and oxygen atoms in total. The summed E-state index contributed by atoms with van der Waals surface area (Å²) in [4.78, 5) is 26.3. The Hall–Kier alpha value is -3.76. The zero-order valence-corrected chi connectivity index (χ0v) is 19.8. The van der Waals surface area contributed by atoms with Crippen molar-refractivity contribution in [2.45, 2.75) is 6.42 Å². The van der Waals surface area contributed by atoms with Crippen LogP contribution in [0.25, 0.3) is 22.4 Å². The summed E-state index contributed by atoms with van der Waals surface area (Å²) in [5.74, 6) is 2.45. The predicted octanol–water partition coefficient (Wildman–Crippen LogP) is 3.40. The fourth-order valence-corrected chi connectivity index (χ4v) is 4.83. The van der Waals surface area contributed by atoms with Crippen LogP contribution in [0.15, 0.2) is 73.1 Å². The molecule has 0 saturated carbocycles. The zero-order chi connectivity index (χ0) is 23.2. The van der Waals surface area contributed by atoms with Crippen molar-refractivity contribution in [1.29, 1.82) is 0 Å². The first-order valence-corrected chi connectivity index (χ1v) is 11.8. The van der Waals surface area contributed by atoms with Crippen molar-refractivity contribution in [1.82, 2.24) is 14.6 Å². The van der Waals surface area contributed by atoms with Crippen LogP contribution < -0.4 is 25.1 Å². The highest BCUT2D eigenvalue weighted by atomic mass is 79.9. The molecule has 0 N–H and O–H groups in total. The molecule has 0 fully saturated rings. The van der Waals surface area contributed by atoms with Gasteiger partial charge in [-0.05, 0) is 42.0 Å². The van der Waals surface area contributed by atoms with Gasteiger partial charge >= 0.3 is 0 Å². The standard InChI is InChI=1S/C24H14BrN3O5S/c25-15-4-2-14(3-5-15)18-8-6-16(33-18)11-21-23(30)28-22(29)17(26-27-24(28)34-21)9-13-1-7-19-20(10-13)32-12-31-19/h1-8,10-11H,9,12H2/b21-11-. The summed E-state index contributed by atoms with van der Waals surface area (Å²) in [7, 11) is 0. The highest BCUT2D eigenvalue weighted by molar-refractivity contribution is 9.10. The van der Waals surface area contributed by atoms with E-state index < -0.39 is 11.1 Å². The van der Waals surface area contributed by atoms with Crippen LogP contribution in [0.5, 0.6) is 11.5 Å². The van der Waals surface area contributed by atoms with E-state index in [1.165, 1.54) is 0 Å². The summed E-state index contributed by atoms with van der Waals surface area (Å²) in [6.45, 7) is 0.168. The van der Waals surface area contributed by atoms with Gasteiger partial charge in [0, 0.05) is 22.5 Å². The Bertz CT molecular complexity index is 1720. The van der Waals surface area contributed by atoms with Gasteiger partial charge in [0.25, 0.3) is 11.1 Å². The number of thiazole rings is 1. The van der Waals surface area contributed by atoms with Crippen LogP contribution in [-0.2, 0) is 6.42 Å². The van der Waals surface area contributed by atoms with E-state index in [2.05, 4.69) is 26.1 Å². The van der Waals surface area contributed by atoms with Gasteiger partial charge in [-0.1, -0.05) is 45.5 Å². The summed E-state index contributed by atoms with van der Waals surface area (Å²) in [6, 6.07) is 16.7. The number of furan rings is 1. The summed E-state index contributed by atoms with van der Waals surface area (Å²) >= 11 is 4.50. The third-order valence-corrected chi connectivity index (χ3v) is 6.84. The van der Waals surface area contributed by atoms with Crippen molar-refractivity contribution in [2.75, 3.05) is 6.79 Å². The van der Waals surface area contributed by atoms with Gasteiger partial charge in [-0.15, -0.1) is 10.2 Å². The van der Waals surface area contributed by atoms with Crippen LogP contribution in [0.3, 0.4) is 0 Å². The number of ether oxygens (including phenoxy) is 2. The topological polar surface area (TPSA) is 95.9 Å². The quantitative estimate of drug-likeness (QED) is 0.348. The van der Waals surface area contributed by atoms with E-state index in [4.69, 9.17) is 13.9 Å². The Labute approximate surface area is 203 Å². The molecule has 1 aliphatic rings. The largest absolute Gasteiger partial charge is 0.457 e. The summed E-state index contributed by atoms with van der Waals surface area (Å²) in [6.07, 6.45) is 1.83. The molecular formula is C24H14BrN3O5S. The molecule has 0 amide bonds. The van der Waals surface area contributed by atoms with E-state index in [9.17, 15) is 9.59 Å². The van der Waals surface area contributed by atoms with Crippen molar-refractivity contribution >= 4 is 38.3 Å². The Morgan fingerprint density at radius 1 is 0.971 bits per heavy atom. The van der Waals surface area contributed by atoms with Crippen LogP contribution in [0.2, 0.25) is 0 Å². The highest BCUT2D eigenvalue weighted by Crippen LogP contribution is 2.32. The third-order valence-electron chi connectivity index (χ3n) is 5.35. The maximum atomic E-state index is 13.0. The number of halogens is 1. The molecule has 34 heavy (non-hydrogen) atoms. The summed E-state index contributed by atoms with van der Waals surface area (Å²) in [5, 5.41) is 8.20. The average Bonchev–Trinajstić information content (AvgIpc) is 3.56. The van der Waals surface area contributed by atoms with Gasteiger partial charge in [-0.25, -0.2) is 4.40 Å². The van der Waals surface area contributed by atoms with Crippen molar-refractivity contribution in [3.05, 3.63) is 101 Å². The van der Waals surface area contributed by atoms with Crippen LogP contribution in [0.1, 0.15) is 17.0 Å². The lowest BCUT2D eigenvalue weighted by Crippen LogP contribution is -2.33. The molecule has 10 heteroatoms. The van der Waals surface area contributed by atoms with Crippen LogP contribution in [0, 0.1) is 0 Å². The Morgan fingerprint density at radius 3 is 2.65 bits per heavy atom. The minimum absolute atomic E-state index is 0.168. The normalized spacial score (nSPS) is 13.1. The van der Waals surface area contributed by atoms with Crippen molar-refractivity contribution in [3.8, 4) is 22.8 Å². The van der Waals surface area contributed by atoms with E-state index in [-0.39, 0.29) is 23.9 Å². The molecule has 0 unspecified atom stereocenters. The molecule has 3 aromatic heterocycles. The number of nitrogens with zero attached hydrogens (tertiary/aromatic N) is 3. The third kappa shape index (κ3) is 3.70. The lowest BCUT2D eigenvalue weighted by Gasteiger charge is -2.02. The monoisotopic (exact) mass is 535 g/mol. The second-order valence-corrected chi connectivity index (χ2v) is 9.48. The molecule has 0 saturated heterocycles. The van der Waals surface area contributed by atoms with Gasteiger partial charge in [-0.2, -0.15) is 0 Å². The van der Waals surface area contributed by atoms with E-state index in [1.807, 2.05) is 36.4 Å². The number of rotatable bonds is 4. The van der Waals surface area contributed by atoms with Gasteiger partial charge in [0.1, 0.15) is 21.7 Å². The number of fused-ring (bicyclic) bond motifs is 2. The fourth-order valence-electron chi connectivity index (χ4n) is 3.68. The number of hydrogen-bond donors (Lipinski definition) is 0. The van der Waals surface area contributed by atoms with Crippen LogP contribution >= 0.6 is 27.3 Å². The SMILES string of the molecule is O=c1c(Cc2ccc3c(c2)OCO3)nnc2s/c(=C\c3ccc(-c4ccc(Br)cc4)o3)c(=O)n12. The highest BCUT2D eigenvalue weighted by Gasteiger charge is 2.17. The molecule has 0 atom stereocenters. The molecule has 0 aliphatic carbocycles. The van der Waals surface area contributed by atoms with E-state index >= 15 is 0 Å². The molecule has 4 heterocycles. The van der Waals surface area contributed by atoms with E-state index in [0.29, 0.717) is 27.6 Å². The van der Waals surface area contributed by atoms with Crippen LogP contribution in [-0.4, -0.2) is 21.4 Å². The van der Waals surface area contributed by atoms with Gasteiger partial charge in [0.15, 0.2) is 11.5 Å². The molecular weight excluding hydrogens is 522 g/mol. The minimum Gasteiger partial charge on any atom is -0.457 e. The Balaban J connectivity index is 1.35. The maximum Gasteiger partial charge on any atom is 0.283 e. The lowest BCUT2D eigenvalue weighted by atomic mass is 10.1. The van der Waals surface area contributed by atoms with Crippen molar-refractivity contribution in [2.24, 2.45) is 0 Å². The molecule has 0 bridgehead atoms. The van der Waals surface area contributed by atoms with Crippen molar-refractivity contribution < 1.29 is 13.9 Å². The maximum absolute atomic E-state index is 13.0. The first kappa shape index (κ1) is 20.8. The van der Waals surface area contributed by atoms with Crippen molar-refractivity contribution in [3.63, 3.8) is 0 Å². The molecule has 1 aliphatic heterocycles. The van der Waals surface area contributed by atoms with Gasteiger partial charge in [-0.3, -0.25) is 9.59 Å². The molecule has 0 spiro atoms. The molecule has 6 rings (SSSR count). The number of benzene rings is 2. The second kappa shape index (κ2) is 8.23. The summed E-state index contributed by atoms with van der Waals surface area (Å²) < 4.78 is 19.0. The van der Waals surface area contributed by atoms with E-state index in [1.54, 1.807) is 24.3 Å². The molecule has 0 radical (unpaired) electrons. The molecule has 168 valence electrons.